The average molecular weight is 325 g/mol. The van der Waals surface area contributed by atoms with Crippen LogP contribution in [-0.4, -0.2) is 36.0 Å². The van der Waals surface area contributed by atoms with Crippen molar-refractivity contribution in [3.05, 3.63) is 35.4 Å². The van der Waals surface area contributed by atoms with Gasteiger partial charge in [0, 0.05) is 18.2 Å². The van der Waals surface area contributed by atoms with E-state index in [4.69, 9.17) is 4.74 Å². The molecule has 4 nitrogen and oxygen atoms in total. The fourth-order valence-electron chi connectivity index (χ4n) is 2.91. The second kappa shape index (κ2) is 8.04. The van der Waals surface area contributed by atoms with Gasteiger partial charge in [-0.3, -0.25) is 9.59 Å². The molecule has 0 saturated heterocycles. The molecule has 1 aromatic carbocycles. The van der Waals surface area contributed by atoms with E-state index in [-0.39, 0.29) is 36.4 Å². The SMILES string of the molecule is CCOC(=O)CCN(C(=O)c1ccc(F)c(F)c1)C1CCCC1. The third-order valence-corrected chi connectivity index (χ3v) is 4.06. The molecular formula is C17H21F2NO3. The Balaban J connectivity index is 2.13. The van der Waals surface area contributed by atoms with E-state index in [0.717, 1.165) is 37.8 Å². The summed E-state index contributed by atoms with van der Waals surface area (Å²) >= 11 is 0. The first kappa shape index (κ1) is 17.4. The van der Waals surface area contributed by atoms with Crippen molar-refractivity contribution >= 4 is 11.9 Å². The molecule has 1 amide bonds. The molecule has 6 heteroatoms. The molecule has 0 radical (unpaired) electrons. The maximum absolute atomic E-state index is 13.4. The molecule has 0 bridgehead atoms. The molecule has 0 aliphatic heterocycles. The van der Waals surface area contributed by atoms with Crippen molar-refractivity contribution < 1.29 is 23.1 Å². The Morgan fingerprint density at radius 3 is 2.52 bits per heavy atom. The summed E-state index contributed by atoms with van der Waals surface area (Å²) in [4.78, 5) is 25.8. The second-order valence-corrected chi connectivity index (χ2v) is 5.62. The van der Waals surface area contributed by atoms with E-state index in [0.29, 0.717) is 6.61 Å². The van der Waals surface area contributed by atoms with Crippen molar-refractivity contribution in [2.45, 2.75) is 45.1 Å². The monoisotopic (exact) mass is 325 g/mol. The number of nitrogens with zero attached hydrogens (tertiary/aromatic N) is 1. The van der Waals surface area contributed by atoms with Crippen LogP contribution in [0.25, 0.3) is 0 Å². The highest BCUT2D eigenvalue weighted by molar-refractivity contribution is 5.94. The summed E-state index contributed by atoms with van der Waals surface area (Å²) < 4.78 is 31.3. The molecule has 0 unspecified atom stereocenters. The largest absolute Gasteiger partial charge is 0.466 e. The molecule has 0 atom stereocenters. The lowest BCUT2D eigenvalue weighted by Crippen LogP contribution is -2.40. The predicted octanol–water partition coefficient (Wildman–Crippen LogP) is 3.30. The van der Waals surface area contributed by atoms with Crippen molar-refractivity contribution in [3.63, 3.8) is 0 Å². The first-order valence-corrected chi connectivity index (χ1v) is 7.94. The lowest BCUT2D eigenvalue weighted by molar-refractivity contribution is -0.143. The highest BCUT2D eigenvalue weighted by Crippen LogP contribution is 2.25. The van der Waals surface area contributed by atoms with Crippen molar-refractivity contribution in [1.29, 1.82) is 0 Å². The number of rotatable bonds is 6. The summed E-state index contributed by atoms with van der Waals surface area (Å²) in [5.74, 6) is -2.78. The molecule has 1 saturated carbocycles. The van der Waals surface area contributed by atoms with Gasteiger partial charge >= 0.3 is 5.97 Å². The molecule has 0 aromatic heterocycles. The Bertz CT molecular complexity index is 571. The standard InChI is InChI=1S/C17H21F2NO3/c1-2-23-16(21)9-10-20(13-5-3-4-6-13)17(22)12-7-8-14(18)15(19)11-12/h7-8,11,13H,2-6,9-10H2,1H3. The van der Waals surface area contributed by atoms with Crippen LogP contribution in [0, 0.1) is 11.6 Å². The number of benzene rings is 1. The minimum absolute atomic E-state index is 0.0324. The van der Waals surface area contributed by atoms with E-state index in [9.17, 15) is 18.4 Å². The molecule has 0 heterocycles. The highest BCUT2D eigenvalue weighted by atomic mass is 19.2. The van der Waals surface area contributed by atoms with E-state index >= 15 is 0 Å². The molecule has 1 aliphatic rings. The number of carbonyl (C=O) groups is 2. The molecule has 126 valence electrons. The first-order valence-electron chi connectivity index (χ1n) is 7.94. The van der Waals surface area contributed by atoms with Crippen LogP contribution in [0.5, 0.6) is 0 Å². The number of hydrogen-bond acceptors (Lipinski definition) is 3. The van der Waals surface area contributed by atoms with E-state index < -0.39 is 11.6 Å². The van der Waals surface area contributed by atoms with Gasteiger partial charge in [-0.1, -0.05) is 12.8 Å². The van der Waals surface area contributed by atoms with Crippen LogP contribution in [-0.2, 0) is 9.53 Å². The van der Waals surface area contributed by atoms with Gasteiger partial charge in [0.2, 0.25) is 0 Å². The Hall–Kier alpha value is -1.98. The zero-order valence-electron chi connectivity index (χ0n) is 13.2. The minimum Gasteiger partial charge on any atom is -0.466 e. The van der Waals surface area contributed by atoms with E-state index in [1.807, 2.05) is 0 Å². The van der Waals surface area contributed by atoms with E-state index in [1.165, 1.54) is 6.07 Å². The average Bonchev–Trinajstić information content (AvgIpc) is 3.04. The number of carbonyl (C=O) groups excluding carboxylic acids is 2. The quantitative estimate of drug-likeness (QED) is 0.754. The molecule has 1 aliphatic carbocycles. The molecule has 23 heavy (non-hydrogen) atoms. The number of halogens is 2. The van der Waals surface area contributed by atoms with Crippen LogP contribution >= 0.6 is 0 Å². The van der Waals surface area contributed by atoms with Gasteiger partial charge in [0.15, 0.2) is 11.6 Å². The van der Waals surface area contributed by atoms with Crippen LogP contribution < -0.4 is 0 Å². The van der Waals surface area contributed by atoms with Gasteiger partial charge in [-0.05, 0) is 38.0 Å². The van der Waals surface area contributed by atoms with Gasteiger partial charge in [0.05, 0.1) is 13.0 Å². The van der Waals surface area contributed by atoms with Gasteiger partial charge in [0.25, 0.3) is 5.91 Å². The summed E-state index contributed by atoms with van der Waals surface area (Å²) in [7, 11) is 0. The van der Waals surface area contributed by atoms with Crippen molar-refractivity contribution in [1.82, 2.24) is 4.90 Å². The predicted molar refractivity (Wildman–Crippen MR) is 80.9 cm³/mol. The third-order valence-electron chi connectivity index (χ3n) is 4.06. The van der Waals surface area contributed by atoms with Crippen molar-refractivity contribution in [2.24, 2.45) is 0 Å². The van der Waals surface area contributed by atoms with Crippen LogP contribution in [0.4, 0.5) is 8.78 Å². The summed E-state index contributed by atoms with van der Waals surface area (Å²) in [6, 6.07) is 3.16. The smallest absolute Gasteiger partial charge is 0.307 e. The maximum Gasteiger partial charge on any atom is 0.307 e. The summed E-state index contributed by atoms with van der Waals surface area (Å²) in [6.45, 7) is 2.24. The van der Waals surface area contributed by atoms with Gasteiger partial charge in [-0.25, -0.2) is 8.78 Å². The molecule has 0 N–H and O–H groups in total. The number of esters is 1. The minimum atomic E-state index is -1.05. The molecule has 0 spiro atoms. The molecule has 2 rings (SSSR count). The summed E-state index contributed by atoms with van der Waals surface area (Å²) in [6.07, 6.45) is 3.85. The Labute approximate surface area is 134 Å². The first-order chi connectivity index (χ1) is 11.0. The van der Waals surface area contributed by atoms with Crippen molar-refractivity contribution in [3.8, 4) is 0 Å². The Morgan fingerprint density at radius 2 is 1.91 bits per heavy atom. The number of amides is 1. The molecular weight excluding hydrogens is 304 g/mol. The lowest BCUT2D eigenvalue weighted by Gasteiger charge is -2.29. The molecule has 1 aromatic rings. The Kier molecular flexibility index (Phi) is 6.07. The van der Waals surface area contributed by atoms with Crippen LogP contribution in [0.3, 0.4) is 0 Å². The van der Waals surface area contributed by atoms with Gasteiger partial charge < -0.3 is 9.64 Å². The number of ether oxygens (including phenoxy) is 1. The topological polar surface area (TPSA) is 46.6 Å². The van der Waals surface area contributed by atoms with E-state index in [2.05, 4.69) is 0 Å². The number of hydrogen-bond donors (Lipinski definition) is 0. The van der Waals surface area contributed by atoms with Gasteiger partial charge in [0.1, 0.15) is 0 Å². The van der Waals surface area contributed by atoms with Crippen molar-refractivity contribution in [2.75, 3.05) is 13.2 Å². The third kappa shape index (κ3) is 4.50. The Morgan fingerprint density at radius 1 is 1.22 bits per heavy atom. The molecule has 1 fully saturated rings. The summed E-state index contributed by atoms with van der Waals surface area (Å²) in [5.41, 5.74) is 0.0969. The maximum atomic E-state index is 13.4. The zero-order chi connectivity index (χ0) is 16.8. The second-order valence-electron chi connectivity index (χ2n) is 5.62. The van der Waals surface area contributed by atoms with E-state index in [1.54, 1.807) is 11.8 Å². The normalized spacial score (nSPS) is 14.7. The zero-order valence-corrected chi connectivity index (χ0v) is 13.2. The fourth-order valence-corrected chi connectivity index (χ4v) is 2.91. The lowest BCUT2D eigenvalue weighted by atomic mass is 10.1. The van der Waals surface area contributed by atoms with Crippen LogP contribution in [0.15, 0.2) is 18.2 Å². The van der Waals surface area contributed by atoms with Crippen LogP contribution in [0.2, 0.25) is 0 Å². The van der Waals surface area contributed by atoms with Crippen LogP contribution in [0.1, 0.15) is 49.4 Å². The highest BCUT2D eigenvalue weighted by Gasteiger charge is 2.28. The summed E-state index contributed by atoms with van der Waals surface area (Å²) in [5, 5.41) is 0. The van der Waals surface area contributed by atoms with Gasteiger partial charge in [-0.15, -0.1) is 0 Å². The fraction of sp³-hybridized carbons (Fsp3) is 0.529. The van der Waals surface area contributed by atoms with Gasteiger partial charge in [-0.2, -0.15) is 0 Å².